The summed E-state index contributed by atoms with van der Waals surface area (Å²) >= 11 is 5.97. The third-order valence-electron chi connectivity index (χ3n) is 3.54. The van der Waals surface area contributed by atoms with Gasteiger partial charge in [-0.1, -0.05) is 62.7 Å². The Hall–Kier alpha value is -2.33. The normalized spacial score (nSPS) is 11.0. The molecular formula is C19H21ClN2O2. The van der Waals surface area contributed by atoms with Gasteiger partial charge in [0.15, 0.2) is 0 Å². The molecule has 0 saturated carbocycles. The molecule has 0 spiro atoms. The molecule has 0 heterocycles. The van der Waals surface area contributed by atoms with Crippen LogP contribution in [0.1, 0.15) is 36.7 Å². The van der Waals surface area contributed by atoms with Crippen LogP contribution >= 0.6 is 11.6 Å². The number of benzene rings is 2. The van der Waals surface area contributed by atoms with Crippen molar-refractivity contribution in [2.24, 2.45) is 0 Å². The van der Waals surface area contributed by atoms with E-state index < -0.39 is 0 Å². The number of carbonyl (C=O) groups is 2. The fourth-order valence-electron chi connectivity index (χ4n) is 2.34. The highest BCUT2D eigenvalue weighted by Crippen LogP contribution is 2.29. The third-order valence-corrected chi connectivity index (χ3v) is 3.87. The van der Waals surface area contributed by atoms with Gasteiger partial charge in [-0.15, -0.1) is 0 Å². The topological polar surface area (TPSA) is 58.2 Å². The van der Waals surface area contributed by atoms with E-state index in [0.29, 0.717) is 10.6 Å². The zero-order valence-corrected chi connectivity index (χ0v) is 14.8. The predicted octanol–water partition coefficient (Wildman–Crippen LogP) is 4.01. The summed E-state index contributed by atoms with van der Waals surface area (Å²) in [7, 11) is 0. The smallest absolute Gasteiger partial charge is 0.253 e. The Morgan fingerprint density at radius 2 is 1.62 bits per heavy atom. The first-order valence-electron chi connectivity index (χ1n) is 7.71. The summed E-state index contributed by atoms with van der Waals surface area (Å²) in [6, 6.07) is 14.4. The van der Waals surface area contributed by atoms with Gasteiger partial charge in [-0.3, -0.25) is 9.59 Å². The Morgan fingerprint density at radius 1 is 1.00 bits per heavy atom. The first kappa shape index (κ1) is 18.0. The first-order chi connectivity index (χ1) is 11.3. The fraction of sp³-hybridized carbons (Fsp3) is 0.263. The number of hydrogen-bond acceptors (Lipinski definition) is 2. The lowest BCUT2D eigenvalue weighted by Gasteiger charge is -2.23. The molecule has 0 unspecified atom stereocenters. The van der Waals surface area contributed by atoms with E-state index in [9.17, 15) is 9.59 Å². The first-order valence-corrected chi connectivity index (χ1v) is 8.09. The lowest BCUT2D eigenvalue weighted by molar-refractivity contribution is -0.115. The second-order valence-corrected chi connectivity index (χ2v) is 6.91. The molecule has 2 aromatic rings. The van der Waals surface area contributed by atoms with Crippen LogP contribution in [0.4, 0.5) is 5.69 Å². The summed E-state index contributed by atoms with van der Waals surface area (Å²) in [6.45, 7) is 6.12. The van der Waals surface area contributed by atoms with Gasteiger partial charge in [0.25, 0.3) is 5.91 Å². The van der Waals surface area contributed by atoms with E-state index in [0.717, 1.165) is 11.3 Å². The van der Waals surface area contributed by atoms with E-state index in [4.69, 9.17) is 11.6 Å². The summed E-state index contributed by atoms with van der Waals surface area (Å²) in [5.41, 5.74) is 2.05. The summed E-state index contributed by atoms with van der Waals surface area (Å²) in [5.74, 6) is -0.660. The van der Waals surface area contributed by atoms with Crippen molar-refractivity contribution in [1.29, 1.82) is 0 Å². The van der Waals surface area contributed by atoms with Gasteiger partial charge in [0, 0.05) is 5.69 Å². The highest BCUT2D eigenvalue weighted by molar-refractivity contribution is 6.33. The van der Waals surface area contributed by atoms with Crippen molar-refractivity contribution >= 4 is 29.1 Å². The maximum Gasteiger partial charge on any atom is 0.253 e. The van der Waals surface area contributed by atoms with Gasteiger partial charge in [0.2, 0.25) is 5.91 Å². The minimum absolute atomic E-state index is 0.0926. The molecule has 0 aliphatic carbocycles. The molecule has 0 saturated heterocycles. The SMILES string of the molecule is CC(C)(C)c1ccccc1NC(=O)CNC(=O)c1ccccc1Cl. The Kier molecular flexibility index (Phi) is 5.62. The average Bonchev–Trinajstić information content (AvgIpc) is 2.52. The van der Waals surface area contributed by atoms with Crippen molar-refractivity contribution in [2.75, 3.05) is 11.9 Å². The monoisotopic (exact) mass is 344 g/mol. The van der Waals surface area contributed by atoms with E-state index in [1.54, 1.807) is 24.3 Å². The standard InChI is InChI=1S/C19H21ClN2O2/c1-19(2,3)14-9-5-7-11-16(14)22-17(23)12-21-18(24)13-8-4-6-10-15(13)20/h4-11H,12H2,1-3H3,(H,21,24)(H,22,23). The Bertz CT molecular complexity index is 751. The van der Waals surface area contributed by atoms with E-state index in [2.05, 4.69) is 31.4 Å². The van der Waals surface area contributed by atoms with Gasteiger partial charge in [-0.05, 0) is 29.2 Å². The van der Waals surface area contributed by atoms with Gasteiger partial charge >= 0.3 is 0 Å². The van der Waals surface area contributed by atoms with Crippen LogP contribution in [0.3, 0.4) is 0 Å². The molecular weight excluding hydrogens is 324 g/mol. The molecule has 126 valence electrons. The van der Waals surface area contributed by atoms with Crippen molar-refractivity contribution in [3.63, 3.8) is 0 Å². The number of hydrogen-bond donors (Lipinski definition) is 2. The van der Waals surface area contributed by atoms with Crippen LogP contribution in [0.25, 0.3) is 0 Å². The molecule has 0 radical (unpaired) electrons. The minimum Gasteiger partial charge on any atom is -0.343 e. The molecule has 0 bridgehead atoms. The predicted molar refractivity (Wildman–Crippen MR) is 97.6 cm³/mol. The van der Waals surface area contributed by atoms with Gasteiger partial charge in [-0.25, -0.2) is 0 Å². The zero-order chi connectivity index (χ0) is 17.7. The molecule has 5 heteroatoms. The van der Waals surface area contributed by atoms with Gasteiger partial charge in [0.1, 0.15) is 0 Å². The summed E-state index contributed by atoms with van der Waals surface area (Å²) in [5, 5.41) is 5.79. The van der Waals surface area contributed by atoms with Gasteiger partial charge in [0.05, 0.1) is 17.1 Å². The highest BCUT2D eigenvalue weighted by Gasteiger charge is 2.19. The van der Waals surface area contributed by atoms with Crippen LogP contribution in [-0.2, 0) is 10.2 Å². The Morgan fingerprint density at radius 3 is 2.29 bits per heavy atom. The largest absolute Gasteiger partial charge is 0.343 e. The van der Waals surface area contributed by atoms with Crippen molar-refractivity contribution in [2.45, 2.75) is 26.2 Å². The van der Waals surface area contributed by atoms with E-state index >= 15 is 0 Å². The number of amides is 2. The van der Waals surface area contributed by atoms with Crippen LogP contribution in [-0.4, -0.2) is 18.4 Å². The minimum atomic E-state index is -0.375. The van der Waals surface area contributed by atoms with Crippen LogP contribution < -0.4 is 10.6 Å². The summed E-state index contributed by atoms with van der Waals surface area (Å²) in [4.78, 5) is 24.2. The summed E-state index contributed by atoms with van der Waals surface area (Å²) < 4.78 is 0. The quantitative estimate of drug-likeness (QED) is 0.880. The molecule has 24 heavy (non-hydrogen) atoms. The number of halogens is 1. The Labute approximate surface area is 147 Å². The molecule has 2 N–H and O–H groups in total. The van der Waals surface area contributed by atoms with Crippen molar-refractivity contribution in [3.8, 4) is 0 Å². The van der Waals surface area contributed by atoms with E-state index in [-0.39, 0.29) is 23.8 Å². The molecule has 2 rings (SSSR count). The Balaban J connectivity index is 2.00. The molecule has 0 fully saturated rings. The number of para-hydroxylation sites is 1. The van der Waals surface area contributed by atoms with Crippen molar-refractivity contribution in [1.82, 2.24) is 5.32 Å². The molecule has 0 atom stereocenters. The lowest BCUT2D eigenvalue weighted by atomic mass is 9.86. The van der Waals surface area contributed by atoms with Gasteiger partial charge < -0.3 is 10.6 Å². The molecule has 2 aromatic carbocycles. The van der Waals surface area contributed by atoms with Crippen molar-refractivity contribution < 1.29 is 9.59 Å². The lowest BCUT2D eigenvalue weighted by Crippen LogP contribution is -2.33. The maximum absolute atomic E-state index is 12.2. The van der Waals surface area contributed by atoms with E-state index in [1.165, 1.54) is 0 Å². The maximum atomic E-state index is 12.2. The molecule has 2 amide bonds. The molecule has 0 aliphatic rings. The molecule has 0 aliphatic heterocycles. The van der Waals surface area contributed by atoms with Crippen LogP contribution in [0.15, 0.2) is 48.5 Å². The summed E-state index contributed by atoms with van der Waals surface area (Å²) in [6.07, 6.45) is 0. The third kappa shape index (κ3) is 4.59. The van der Waals surface area contributed by atoms with E-state index in [1.807, 2.05) is 24.3 Å². The van der Waals surface area contributed by atoms with Gasteiger partial charge in [-0.2, -0.15) is 0 Å². The second-order valence-electron chi connectivity index (χ2n) is 6.51. The van der Waals surface area contributed by atoms with Crippen molar-refractivity contribution in [3.05, 3.63) is 64.7 Å². The average molecular weight is 345 g/mol. The number of carbonyl (C=O) groups excluding carboxylic acids is 2. The van der Waals surface area contributed by atoms with Crippen LogP contribution in [0.5, 0.6) is 0 Å². The van der Waals surface area contributed by atoms with Crippen LogP contribution in [0, 0.1) is 0 Å². The molecule has 0 aromatic heterocycles. The highest BCUT2D eigenvalue weighted by atomic mass is 35.5. The van der Waals surface area contributed by atoms with Crippen LogP contribution in [0.2, 0.25) is 5.02 Å². The number of rotatable bonds is 4. The molecule has 4 nitrogen and oxygen atoms in total. The zero-order valence-electron chi connectivity index (χ0n) is 14.0. The fourth-order valence-corrected chi connectivity index (χ4v) is 2.56. The number of anilines is 1. The number of nitrogens with one attached hydrogen (secondary N) is 2. The second kappa shape index (κ2) is 7.49.